The summed E-state index contributed by atoms with van der Waals surface area (Å²) in [6.45, 7) is 4.40. The van der Waals surface area contributed by atoms with Crippen LogP contribution in [0.1, 0.15) is 22.8 Å². The molecular formula is C24H26N2O3S. The molecular weight excluding hydrogens is 396 g/mol. The van der Waals surface area contributed by atoms with E-state index in [1.165, 1.54) is 0 Å². The highest BCUT2D eigenvalue weighted by Gasteiger charge is 2.23. The van der Waals surface area contributed by atoms with Crippen molar-refractivity contribution >= 4 is 23.2 Å². The molecule has 5 nitrogen and oxygen atoms in total. The minimum Gasteiger partial charge on any atom is -0.489 e. The van der Waals surface area contributed by atoms with Crippen LogP contribution >= 0.6 is 11.3 Å². The summed E-state index contributed by atoms with van der Waals surface area (Å²) in [6.07, 6.45) is 0. The molecule has 1 saturated heterocycles. The van der Waals surface area contributed by atoms with Gasteiger partial charge in [0, 0.05) is 38.7 Å². The Balaban J connectivity index is 0.000000448. The lowest BCUT2D eigenvalue weighted by atomic mass is 10.1. The second kappa shape index (κ2) is 11.2. The predicted octanol–water partition coefficient (Wildman–Crippen LogP) is 4.32. The molecule has 1 aliphatic rings. The summed E-state index contributed by atoms with van der Waals surface area (Å²) in [5, 5.41) is 4.08. The second-order valence-electron chi connectivity index (χ2n) is 6.89. The van der Waals surface area contributed by atoms with Gasteiger partial charge in [-0.05, 0) is 40.6 Å². The molecule has 2 aromatic carbocycles. The van der Waals surface area contributed by atoms with Crippen molar-refractivity contribution in [2.75, 3.05) is 26.2 Å². The Kier molecular flexibility index (Phi) is 8.03. The number of rotatable bonds is 4. The van der Waals surface area contributed by atoms with Gasteiger partial charge in [0.2, 0.25) is 5.91 Å². The third-order valence-electron chi connectivity index (χ3n) is 4.79. The molecule has 0 N–H and O–H groups in total. The molecule has 156 valence electrons. The topological polar surface area (TPSA) is 49.9 Å². The zero-order valence-electron chi connectivity index (χ0n) is 17.1. The van der Waals surface area contributed by atoms with Crippen LogP contribution in [-0.2, 0) is 11.4 Å². The van der Waals surface area contributed by atoms with E-state index in [0.29, 0.717) is 38.3 Å². The van der Waals surface area contributed by atoms with Crippen molar-refractivity contribution < 1.29 is 14.3 Å². The number of benzene rings is 2. The van der Waals surface area contributed by atoms with Gasteiger partial charge >= 0.3 is 0 Å². The zero-order chi connectivity index (χ0) is 21.2. The Morgan fingerprint density at radius 1 is 0.833 bits per heavy atom. The average Bonchev–Trinajstić information content (AvgIpc) is 3.39. The lowest BCUT2D eigenvalue weighted by Crippen LogP contribution is -2.50. The lowest BCUT2D eigenvalue weighted by molar-refractivity contribution is -0.130. The SMILES string of the molecule is CC(=O)N1CCN(C(=O)c2ccc(COc3ccccc3)cc2)CC1.c1ccsc1. The van der Waals surface area contributed by atoms with Gasteiger partial charge in [-0.3, -0.25) is 9.59 Å². The molecule has 30 heavy (non-hydrogen) atoms. The van der Waals surface area contributed by atoms with E-state index in [4.69, 9.17) is 4.74 Å². The summed E-state index contributed by atoms with van der Waals surface area (Å²) < 4.78 is 5.71. The predicted molar refractivity (Wildman–Crippen MR) is 120 cm³/mol. The maximum Gasteiger partial charge on any atom is 0.253 e. The summed E-state index contributed by atoms with van der Waals surface area (Å²) in [6, 6.07) is 21.2. The fraction of sp³-hybridized carbons (Fsp3) is 0.250. The number of carbonyl (C=O) groups is 2. The van der Waals surface area contributed by atoms with E-state index >= 15 is 0 Å². The van der Waals surface area contributed by atoms with E-state index in [1.807, 2.05) is 77.5 Å². The Morgan fingerprint density at radius 2 is 1.43 bits per heavy atom. The van der Waals surface area contributed by atoms with Gasteiger partial charge in [-0.1, -0.05) is 42.5 Å². The molecule has 0 unspecified atom stereocenters. The Morgan fingerprint density at radius 3 is 1.97 bits per heavy atom. The first-order valence-corrected chi connectivity index (χ1v) is 10.9. The molecule has 0 saturated carbocycles. The summed E-state index contributed by atoms with van der Waals surface area (Å²) in [4.78, 5) is 27.5. The smallest absolute Gasteiger partial charge is 0.253 e. The highest BCUT2D eigenvalue weighted by atomic mass is 32.1. The Hall–Kier alpha value is -3.12. The number of nitrogens with zero attached hydrogens (tertiary/aromatic N) is 2. The number of thiophene rings is 1. The highest BCUT2D eigenvalue weighted by Crippen LogP contribution is 2.14. The lowest BCUT2D eigenvalue weighted by Gasteiger charge is -2.34. The van der Waals surface area contributed by atoms with E-state index in [0.717, 1.165) is 11.3 Å². The first-order valence-electron chi connectivity index (χ1n) is 9.92. The molecule has 4 rings (SSSR count). The number of piperazine rings is 1. The number of hydrogen-bond donors (Lipinski definition) is 0. The van der Waals surface area contributed by atoms with Crippen molar-refractivity contribution in [1.82, 2.24) is 9.80 Å². The Bertz CT molecular complexity index is 886. The molecule has 0 radical (unpaired) electrons. The van der Waals surface area contributed by atoms with Gasteiger partial charge in [-0.25, -0.2) is 0 Å². The van der Waals surface area contributed by atoms with Crippen molar-refractivity contribution in [3.8, 4) is 5.75 Å². The van der Waals surface area contributed by atoms with Crippen LogP contribution in [0.25, 0.3) is 0 Å². The third-order valence-corrected chi connectivity index (χ3v) is 5.42. The molecule has 2 heterocycles. The quantitative estimate of drug-likeness (QED) is 0.629. The van der Waals surface area contributed by atoms with Gasteiger partial charge in [0.25, 0.3) is 5.91 Å². The van der Waals surface area contributed by atoms with Gasteiger partial charge < -0.3 is 14.5 Å². The number of ether oxygens (including phenoxy) is 1. The van der Waals surface area contributed by atoms with Gasteiger partial charge in [-0.2, -0.15) is 11.3 Å². The molecule has 1 fully saturated rings. The molecule has 0 spiro atoms. The van der Waals surface area contributed by atoms with Crippen molar-refractivity contribution in [3.63, 3.8) is 0 Å². The van der Waals surface area contributed by atoms with Gasteiger partial charge in [-0.15, -0.1) is 0 Å². The fourth-order valence-corrected chi connectivity index (χ4v) is 3.51. The van der Waals surface area contributed by atoms with Crippen LogP contribution in [0.15, 0.2) is 77.5 Å². The normalized spacial score (nSPS) is 13.2. The minimum atomic E-state index is 0.0127. The molecule has 1 aromatic heterocycles. The first-order chi connectivity index (χ1) is 14.6. The summed E-state index contributed by atoms with van der Waals surface area (Å²) in [5.74, 6) is 0.902. The summed E-state index contributed by atoms with van der Waals surface area (Å²) in [7, 11) is 0. The number of para-hydroxylation sites is 1. The van der Waals surface area contributed by atoms with Crippen LogP contribution in [-0.4, -0.2) is 47.8 Å². The minimum absolute atomic E-state index is 0.0127. The number of amides is 2. The summed E-state index contributed by atoms with van der Waals surface area (Å²) in [5.41, 5.74) is 1.68. The molecule has 0 atom stereocenters. The molecule has 3 aromatic rings. The van der Waals surface area contributed by atoms with Crippen molar-refractivity contribution in [2.24, 2.45) is 0 Å². The maximum absolute atomic E-state index is 12.6. The molecule has 2 amide bonds. The van der Waals surface area contributed by atoms with Crippen molar-refractivity contribution in [2.45, 2.75) is 13.5 Å². The molecule has 0 bridgehead atoms. The standard InChI is InChI=1S/C20H22N2O3.C4H4S/c1-16(23)21-11-13-22(14-12-21)20(24)18-9-7-17(8-10-18)15-25-19-5-3-2-4-6-19;1-2-4-5-3-1/h2-10H,11-15H2,1H3;1-4H. The van der Waals surface area contributed by atoms with E-state index in [-0.39, 0.29) is 11.8 Å². The zero-order valence-corrected chi connectivity index (χ0v) is 17.9. The molecule has 1 aliphatic heterocycles. The van der Waals surface area contributed by atoms with Gasteiger partial charge in [0.15, 0.2) is 0 Å². The van der Waals surface area contributed by atoms with Crippen molar-refractivity contribution in [3.05, 3.63) is 88.6 Å². The van der Waals surface area contributed by atoms with Gasteiger partial charge in [0.1, 0.15) is 12.4 Å². The second-order valence-corrected chi connectivity index (χ2v) is 7.71. The number of carbonyl (C=O) groups excluding carboxylic acids is 2. The van der Waals surface area contributed by atoms with E-state index < -0.39 is 0 Å². The van der Waals surface area contributed by atoms with Crippen molar-refractivity contribution in [1.29, 1.82) is 0 Å². The van der Waals surface area contributed by atoms with Gasteiger partial charge in [0.05, 0.1) is 0 Å². The van der Waals surface area contributed by atoms with Crippen LogP contribution in [0.5, 0.6) is 5.75 Å². The monoisotopic (exact) mass is 422 g/mol. The van der Waals surface area contributed by atoms with Crippen LogP contribution in [0.4, 0.5) is 0 Å². The van der Waals surface area contributed by atoms with Crippen LogP contribution in [0, 0.1) is 0 Å². The summed E-state index contributed by atoms with van der Waals surface area (Å²) >= 11 is 1.71. The Labute approximate surface area is 181 Å². The van der Waals surface area contributed by atoms with E-state index in [9.17, 15) is 9.59 Å². The third kappa shape index (κ3) is 6.46. The number of hydrogen-bond acceptors (Lipinski definition) is 4. The molecule has 6 heteroatoms. The van der Waals surface area contributed by atoms with Crippen LogP contribution in [0.2, 0.25) is 0 Å². The van der Waals surface area contributed by atoms with E-state index in [1.54, 1.807) is 28.1 Å². The van der Waals surface area contributed by atoms with E-state index in [2.05, 4.69) is 0 Å². The highest BCUT2D eigenvalue weighted by molar-refractivity contribution is 7.07. The van der Waals surface area contributed by atoms with Crippen LogP contribution in [0.3, 0.4) is 0 Å². The first kappa shape index (κ1) is 21.6. The largest absolute Gasteiger partial charge is 0.489 e. The maximum atomic E-state index is 12.6. The van der Waals surface area contributed by atoms with Crippen LogP contribution < -0.4 is 4.74 Å². The fourth-order valence-electron chi connectivity index (χ4n) is 3.06. The molecule has 0 aliphatic carbocycles. The average molecular weight is 423 g/mol.